The van der Waals surface area contributed by atoms with Crippen molar-refractivity contribution in [1.82, 2.24) is 10.2 Å². The van der Waals surface area contributed by atoms with Crippen LogP contribution in [0.25, 0.3) is 6.08 Å². The van der Waals surface area contributed by atoms with Crippen LogP contribution in [0.15, 0.2) is 85.4 Å². The number of carbonyl (C=O) groups is 3. The molecule has 216 valence electrons. The fourth-order valence-electron chi connectivity index (χ4n) is 4.55. The summed E-state index contributed by atoms with van der Waals surface area (Å²) in [7, 11) is 0. The third-order valence-electron chi connectivity index (χ3n) is 6.44. The first-order valence-corrected chi connectivity index (χ1v) is 13.9. The standard InChI is InChI=1S/C34H41N3O4/c1-7-21-37(32(39)29(23-26-16-10-9-11-17-26)36-33(40)41-34(4,5)6)30(27-19-14-18-25(8-2)22-27)31(38)35-28-20-13-12-15-24(28)3/h8-20,22,29-30H,2,7,21,23H2,1,3-6H3,(H,35,38)(H,36,40). The summed E-state index contributed by atoms with van der Waals surface area (Å²) in [5.74, 6) is -0.728. The van der Waals surface area contributed by atoms with Crippen LogP contribution in [-0.2, 0) is 20.7 Å². The van der Waals surface area contributed by atoms with E-state index in [4.69, 9.17) is 4.74 Å². The number of alkyl carbamates (subject to hydrolysis) is 1. The van der Waals surface area contributed by atoms with Crippen molar-refractivity contribution < 1.29 is 19.1 Å². The highest BCUT2D eigenvalue weighted by molar-refractivity contribution is 5.99. The van der Waals surface area contributed by atoms with Crippen molar-refractivity contribution in [1.29, 1.82) is 0 Å². The molecular formula is C34H41N3O4. The number of anilines is 1. The Bertz CT molecular complexity index is 1350. The Morgan fingerprint density at radius 2 is 1.66 bits per heavy atom. The van der Waals surface area contributed by atoms with Gasteiger partial charge in [-0.15, -0.1) is 0 Å². The van der Waals surface area contributed by atoms with Gasteiger partial charge in [0, 0.05) is 18.7 Å². The maximum atomic E-state index is 14.4. The van der Waals surface area contributed by atoms with Crippen LogP contribution in [-0.4, -0.2) is 41.0 Å². The maximum Gasteiger partial charge on any atom is 0.408 e. The lowest BCUT2D eigenvalue weighted by Crippen LogP contribution is -2.53. The molecule has 0 aliphatic rings. The Balaban J connectivity index is 2.06. The van der Waals surface area contributed by atoms with E-state index in [9.17, 15) is 14.4 Å². The summed E-state index contributed by atoms with van der Waals surface area (Å²) in [6.45, 7) is 13.3. The van der Waals surface area contributed by atoms with Gasteiger partial charge in [0.1, 0.15) is 17.7 Å². The van der Waals surface area contributed by atoms with Crippen LogP contribution in [0.2, 0.25) is 0 Å². The molecule has 3 amide bonds. The molecule has 0 aliphatic heterocycles. The van der Waals surface area contributed by atoms with E-state index >= 15 is 0 Å². The molecule has 2 unspecified atom stereocenters. The second kappa shape index (κ2) is 14.3. The summed E-state index contributed by atoms with van der Waals surface area (Å²) in [5.41, 5.74) is 3.17. The SMILES string of the molecule is C=Cc1cccc(C(C(=O)Nc2ccccc2C)N(CCC)C(=O)C(Cc2ccccc2)NC(=O)OC(C)(C)C)c1. The summed E-state index contributed by atoms with van der Waals surface area (Å²) < 4.78 is 5.50. The monoisotopic (exact) mass is 555 g/mol. The van der Waals surface area contributed by atoms with Crippen LogP contribution in [0.5, 0.6) is 0 Å². The van der Waals surface area contributed by atoms with Crippen LogP contribution in [0, 0.1) is 6.92 Å². The van der Waals surface area contributed by atoms with Crippen LogP contribution in [0.3, 0.4) is 0 Å². The first kappa shape index (κ1) is 31.1. The maximum absolute atomic E-state index is 14.4. The molecule has 0 spiro atoms. The van der Waals surface area contributed by atoms with Gasteiger partial charge in [-0.2, -0.15) is 0 Å². The summed E-state index contributed by atoms with van der Waals surface area (Å²) in [4.78, 5) is 42.9. The third-order valence-corrected chi connectivity index (χ3v) is 6.44. The molecule has 0 fully saturated rings. The fourth-order valence-corrected chi connectivity index (χ4v) is 4.55. The molecule has 0 saturated heterocycles. The fraction of sp³-hybridized carbons (Fsp3) is 0.324. The predicted molar refractivity (Wildman–Crippen MR) is 164 cm³/mol. The van der Waals surface area contributed by atoms with Crippen LogP contribution in [0.4, 0.5) is 10.5 Å². The third kappa shape index (κ3) is 9.07. The van der Waals surface area contributed by atoms with Crippen molar-refractivity contribution in [3.8, 4) is 0 Å². The number of hydrogen-bond acceptors (Lipinski definition) is 4. The van der Waals surface area contributed by atoms with Gasteiger partial charge in [0.25, 0.3) is 5.91 Å². The first-order valence-electron chi connectivity index (χ1n) is 13.9. The van der Waals surface area contributed by atoms with E-state index in [1.54, 1.807) is 31.7 Å². The molecule has 0 bridgehead atoms. The smallest absolute Gasteiger partial charge is 0.408 e. The molecule has 0 saturated carbocycles. The molecule has 0 radical (unpaired) electrons. The zero-order chi connectivity index (χ0) is 30.0. The molecule has 3 aromatic carbocycles. The highest BCUT2D eigenvalue weighted by Crippen LogP contribution is 2.27. The molecule has 0 aliphatic carbocycles. The van der Waals surface area contributed by atoms with Crippen molar-refractivity contribution in [2.24, 2.45) is 0 Å². The second-order valence-electron chi connectivity index (χ2n) is 11.0. The molecule has 7 nitrogen and oxygen atoms in total. The minimum Gasteiger partial charge on any atom is -0.444 e. The van der Waals surface area contributed by atoms with Gasteiger partial charge in [-0.3, -0.25) is 9.59 Å². The zero-order valence-electron chi connectivity index (χ0n) is 24.6. The quantitative estimate of drug-likeness (QED) is 0.276. The zero-order valence-corrected chi connectivity index (χ0v) is 24.6. The van der Waals surface area contributed by atoms with Crippen molar-refractivity contribution in [2.45, 2.75) is 65.1 Å². The number of hydrogen-bond donors (Lipinski definition) is 2. The number of aryl methyl sites for hydroxylation is 1. The van der Waals surface area contributed by atoms with Crippen molar-refractivity contribution in [3.05, 3.63) is 108 Å². The molecule has 41 heavy (non-hydrogen) atoms. The number of amides is 3. The Hall–Kier alpha value is -4.39. The molecule has 0 heterocycles. The lowest BCUT2D eigenvalue weighted by Gasteiger charge is -2.34. The van der Waals surface area contributed by atoms with E-state index in [-0.39, 0.29) is 18.2 Å². The van der Waals surface area contributed by atoms with E-state index in [2.05, 4.69) is 17.2 Å². The molecule has 3 aromatic rings. The predicted octanol–water partition coefficient (Wildman–Crippen LogP) is 6.69. The number of rotatable bonds is 11. The first-order chi connectivity index (χ1) is 19.5. The summed E-state index contributed by atoms with van der Waals surface area (Å²) in [5, 5.41) is 5.82. The number of para-hydroxylation sites is 1. The molecule has 2 N–H and O–H groups in total. The van der Waals surface area contributed by atoms with Crippen LogP contribution in [0.1, 0.15) is 62.4 Å². The molecular weight excluding hydrogens is 514 g/mol. The van der Waals surface area contributed by atoms with Gasteiger partial charge < -0.3 is 20.3 Å². The lowest BCUT2D eigenvalue weighted by molar-refractivity contribution is -0.140. The Kier molecular flexibility index (Phi) is 10.9. The minimum absolute atomic E-state index is 0.234. The van der Waals surface area contributed by atoms with E-state index in [0.29, 0.717) is 24.2 Å². The van der Waals surface area contributed by atoms with Crippen LogP contribution >= 0.6 is 0 Å². The van der Waals surface area contributed by atoms with E-state index in [1.807, 2.05) is 92.7 Å². The molecule has 7 heteroatoms. The Labute approximate surface area is 243 Å². The van der Waals surface area contributed by atoms with Gasteiger partial charge >= 0.3 is 6.09 Å². The Morgan fingerprint density at radius 1 is 0.976 bits per heavy atom. The highest BCUT2D eigenvalue weighted by atomic mass is 16.6. The van der Waals surface area contributed by atoms with Gasteiger partial charge in [-0.25, -0.2) is 4.79 Å². The average molecular weight is 556 g/mol. The summed E-state index contributed by atoms with van der Waals surface area (Å²) in [6, 6.07) is 22.5. The number of nitrogens with one attached hydrogen (secondary N) is 2. The van der Waals surface area contributed by atoms with E-state index in [0.717, 1.165) is 16.7 Å². The van der Waals surface area contributed by atoms with Gasteiger partial charge in [-0.05, 0) is 68.5 Å². The normalized spacial score (nSPS) is 12.5. The molecule has 2 atom stereocenters. The van der Waals surface area contributed by atoms with Crippen molar-refractivity contribution in [3.63, 3.8) is 0 Å². The number of benzene rings is 3. The molecule has 3 rings (SSSR count). The van der Waals surface area contributed by atoms with E-state index in [1.165, 1.54) is 0 Å². The highest BCUT2D eigenvalue weighted by Gasteiger charge is 2.36. The molecule has 0 aromatic heterocycles. The van der Waals surface area contributed by atoms with Crippen LogP contribution < -0.4 is 10.6 Å². The van der Waals surface area contributed by atoms with Gasteiger partial charge in [0.05, 0.1) is 0 Å². The number of carbonyl (C=O) groups excluding carboxylic acids is 3. The lowest BCUT2D eigenvalue weighted by atomic mass is 9.98. The summed E-state index contributed by atoms with van der Waals surface area (Å²) in [6.07, 6.45) is 1.84. The topological polar surface area (TPSA) is 87.7 Å². The van der Waals surface area contributed by atoms with Gasteiger partial charge in [-0.1, -0.05) is 86.3 Å². The van der Waals surface area contributed by atoms with Crippen molar-refractivity contribution in [2.75, 3.05) is 11.9 Å². The minimum atomic E-state index is -0.963. The van der Waals surface area contributed by atoms with Crippen molar-refractivity contribution >= 4 is 29.7 Å². The average Bonchev–Trinajstić information content (AvgIpc) is 2.93. The second-order valence-corrected chi connectivity index (χ2v) is 11.0. The summed E-state index contributed by atoms with van der Waals surface area (Å²) >= 11 is 0. The largest absolute Gasteiger partial charge is 0.444 e. The van der Waals surface area contributed by atoms with E-state index < -0.39 is 23.8 Å². The van der Waals surface area contributed by atoms with Gasteiger partial charge in [0.2, 0.25) is 5.91 Å². The number of ether oxygens (including phenoxy) is 1. The van der Waals surface area contributed by atoms with Gasteiger partial charge in [0.15, 0.2) is 0 Å². The Morgan fingerprint density at radius 3 is 2.29 bits per heavy atom. The number of nitrogens with zero attached hydrogens (tertiary/aromatic N) is 1.